The summed E-state index contributed by atoms with van der Waals surface area (Å²) in [6.45, 7) is 13.4. The molecule has 0 fully saturated rings. The van der Waals surface area contributed by atoms with Crippen molar-refractivity contribution >= 4 is 5.91 Å². The fourth-order valence-electron chi connectivity index (χ4n) is 0.965. The van der Waals surface area contributed by atoms with E-state index in [1.807, 2.05) is 0 Å². The highest BCUT2D eigenvalue weighted by Gasteiger charge is 2.08. The predicted molar refractivity (Wildman–Crippen MR) is 66.9 cm³/mol. The van der Waals surface area contributed by atoms with Crippen molar-refractivity contribution in [2.45, 2.75) is 6.92 Å². The molecule has 0 aromatic heterocycles. The number of likely N-dealkylation sites (N-methyl/N-ethyl adjacent to an activating group) is 1. The van der Waals surface area contributed by atoms with E-state index in [0.29, 0.717) is 24.5 Å². The van der Waals surface area contributed by atoms with Crippen molar-refractivity contribution in [1.82, 2.24) is 4.90 Å². The molecule has 0 aromatic rings. The van der Waals surface area contributed by atoms with Crippen molar-refractivity contribution in [3.63, 3.8) is 0 Å². The van der Waals surface area contributed by atoms with Crippen molar-refractivity contribution in [1.29, 1.82) is 0 Å². The predicted octanol–water partition coefficient (Wildman–Crippen LogP) is 2.29. The van der Waals surface area contributed by atoms with Gasteiger partial charge in [-0.05, 0) is 13.0 Å². The quantitative estimate of drug-likeness (QED) is 0.375. The van der Waals surface area contributed by atoms with Crippen molar-refractivity contribution < 1.29 is 9.53 Å². The van der Waals surface area contributed by atoms with Crippen molar-refractivity contribution in [2.75, 3.05) is 20.2 Å². The second kappa shape index (κ2) is 7.51. The summed E-state index contributed by atoms with van der Waals surface area (Å²) in [6.07, 6.45) is 5.10. The van der Waals surface area contributed by atoms with Gasteiger partial charge in [0.05, 0.1) is 6.54 Å². The van der Waals surface area contributed by atoms with Crippen LogP contribution in [0.15, 0.2) is 49.3 Å². The average Bonchev–Trinajstić information content (AvgIpc) is 2.24. The lowest BCUT2D eigenvalue weighted by Gasteiger charge is -2.17. The molecule has 0 N–H and O–H groups in total. The van der Waals surface area contributed by atoms with E-state index in [2.05, 4.69) is 19.7 Å². The number of hydrogen-bond donors (Lipinski definition) is 0. The number of nitrogens with zero attached hydrogens (tertiary/aromatic N) is 1. The molecule has 0 unspecified atom stereocenters. The van der Waals surface area contributed by atoms with Crippen LogP contribution < -0.4 is 0 Å². The lowest BCUT2D eigenvalue weighted by molar-refractivity contribution is -0.126. The molecule has 0 saturated heterocycles. The summed E-state index contributed by atoms with van der Waals surface area (Å²) in [5.74, 6) is 0.479. The highest BCUT2D eigenvalue weighted by molar-refractivity contribution is 5.91. The van der Waals surface area contributed by atoms with Crippen LogP contribution in [0.5, 0.6) is 0 Å². The van der Waals surface area contributed by atoms with Crippen LogP contribution in [0.3, 0.4) is 0 Å². The van der Waals surface area contributed by atoms with Gasteiger partial charge in [0.15, 0.2) is 0 Å². The molecule has 0 heterocycles. The third-order valence-corrected chi connectivity index (χ3v) is 1.84. The normalized spacial score (nSPS) is 9.88. The summed E-state index contributed by atoms with van der Waals surface area (Å²) < 4.78 is 5.29. The topological polar surface area (TPSA) is 29.5 Å². The Kier molecular flexibility index (Phi) is 6.68. The molecule has 3 heteroatoms. The number of ether oxygens (including phenoxy) is 1. The number of carbonyl (C=O) groups is 1. The van der Waals surface area contributed by atoms with Crippen LogP contribution in [-0.2, 0) is 9.53 Å². The second-order valence-corrected chi connectivity index (χ2v) is 3.42. The van der Waals surface area contributed by atoms with E-state index < -0.39 is 0 Å². The first-order valence-electron chi connectivity index (χ1n) is 5.00. The first-order valence-corrected chi connectivity index (χ1v) is 5.00. The number of hydrogen-bond acceptors (Lipinski definition) is 2. The largest absolute Gasteiger partial charge is 0.492 e. The summed E-state index contributed by atoms with van der Waals surface area (Å²) in [5, 5.41) is 0. The smallest absolute Gasteiger partial charge is 0.248 e. The zero-order chi connectivity index (χ0) is 12.6. The van der Waals surface area contributed by atoms with Gasteiger partial charge in [0, 0.05) is 12.6 Å². The van der Waals surface area contributed by atoms with E-state index >= 15 is 0 Å². The van der Waals surface area contributed by atoms with Crippen molar-refractivity contribution in [3.8, 4) is 0 Å². The Hall–Kier alpha value is -1.77. The maximum Gasteiger partial charge on any atom is 0.248 e. The molecule has 0 atom stereocenters. The Bertz CT molecular complexity index is 316. The molecule has 3 nitrogen and oxygen atoms in total. The molecular weight excluding hydrogens is 202 g/mol. The van der Waals surface area contributed by atoms with E-state index in [1.165, 1.54) is 0 Å². The van der Waals surface area contributed by atoms with Crippen LogP contribution in [0, 0.1) is 0 Å². The maximum atomic E-state index is 11.4. The minimum Gasteiger partial charge on any atom is -0.492 e. The zero-order valence-corrected chi connectivity index (χ0v) is 10.0. The van der Waals surface area contributed by atoms with E-state index in [1.54, 1.807) is 37.1 Å². The molecule has 88 valence electrons. The van der Waals surface area contributed by atoms with E-state index in [9.17, 15) is 4.79 Å². The highest BCUT2D eigenvalue weighted by atomic mass is 16.5. The molecular formula is C13H19NO2. The third-order valence-electron chi connectivity index (χ3n) is 1.84. The highest BCUT2D eigenvalue weighted by Crippen LogP contribution is 1.99. The standard InChI is InChI=1S/C13H19NO2/c1-6-7-8-12(4)16-10-9-14(5)13(15)11(2)3/h6-8H,1-2,4,9-10H2,3,5H3/b8-7-. The van der Waals surface area contributed by atoms with Gasteiger partial charge in [-0.15, -0.1) is 0 Å². The first kappa shape index (κ1) is 14.2. The van der Waals surface area contributed by atoms with Crippen molar-refractivity contribution in [2.24, 2.45) is 0 Å². The van der Waals surface area contributed by atoms with Crippen LogP contribution in [0.25, 0.3) is 0 Å². The summed E-state index contributed by atoms with van der Waals surface area (Å²) in [5.41, 5.74) is 0.521. The maximum absolute atomic E-state index is 11.4. The van der Waals surface area contributed by atoms with Crippen LogP contribution in [0.4, 0.5) is 0 Å². The number of rotatable bonds is 7. The van der Waals surface area contributed by atoms with Gasteiger partial charge in [0.1, 0.15) is 12.4 Å². The fraction of sp³-hybridized carbons (Fsp3) is 0.308. The minimum absolute atomic E-state index is 0.0733. The molecule has 1 amide bonds. The van der Waals surface area contributed by atoms with Gasteiger partial charge in [-0.1, -0.05) is 31.9 Å². The summed E-state index contributed by atoms with van der Waals surface area (Å²) in [4.78, 5) is 13.0. The van der Waals surface area contributed by atoms with Gasteiger partial charge in [-0.3, -0.25) is 4.79 Å². The Morgan fingerprint density at radius 2 is 2.06 bits per heavy atom. The van der Waals surface area contributed by atoms with Crippen LogP contribution in [0.2, 0.25) is 0 Å². The average molecular weight is 221 g/mol. The molecule has 0 rings (SSSR count). The van der Waals surface area contributed by atoms with Gasteiger partial charge < -0.3 is 9.64 Å². The molecule has 0 aromatic carbocycles. The third kappa shape index (κ3) is 5.86. The van der Waals surface area contributed by atoms with Gasteiger partial charge in [0.25, 0.3) is 0 Å². The minimum atomic E-state index is -0.0733. The summed E-state index contributed by atoms with van der Waals surface area (Å²) >= 11 is 0. The summed E-state index contributed by atoms with van der Waals surface area (Å²) in [7, 11) is 1.71. The Labute approximate surface area is 97.4 Å². The van der Waals surface area contributed by atoms with Gasteiger partial charge >= 0.3 is 0 Å². The SMILES string of the molecule is C=C/C=C\C(=C)OCCN(C)C(=O)C(=C)C. The zero-order valence-electron chi connectivity index (χ0n) is 10.0. The fourth-order valence-corrected chi connectivity index (χ4v) is 0.965. The van der Waals surface area contributed by atoms with Gasteiger partial charge in [-0.25, -0.2) is 0 Å². The number of carbonyl (C=O) groups excluding carboxylic acids is 1. The molecule has 0 radical (unpaired) electrons. The lowest BCUT2D eigenvalue weighted by atomic mass is 10.3. The summed E-state index contributed by atoms with van der Waals surface area (Å²) in [6, 6.07) is 0. The lowest BCUT2D eigenvalue weighted by Crippen LogP contribution is -2.30. The second-order valence-electron chi connectivity index (χ2n) is 3.42. The number of allylic oxidation sites excluding steroid dienone is 3. The molecule has 0 spiro atoms. The van der Waals surface area contributed by atoms with Gasteiger partial charge in [0.2, 0.25) is 5.91 Å². The molecule has 0 saturated carbocycles. The van der Waals surface area contributed by atoms with Crippen molar-refractivity contribution in [3.05, 3.63) is 49.3 Å². The molecule has 0 bridgehead atoms. The molecule has 0 aliphatic rings. The van der Waals surface area contributed by atoms with Crippen LogP contribution in [-0.4, -0.2) is 31.0 Å². The van der Waals surface area contributed by atoms with Crippen LogP contribution in [0.1, 0.15) is 6.92 Å². The van der Waals surface area contributed by atoms with Gasteiger partial charge in [-0.2, -0.15) is 0 Å². The number of amides is 1. The van der Waals surface area contributed by atoms with E-state index in [0.717, 1.165) is 0 Å². The molecule has 16 heavy (non-hydrogen) atoms. The Morgan fingerprint density at radius 3 is 2.56 bits per heavy atom. The molecule has 0 aliphatic carbocycles. The Morgan fingerprint density at radius 1 is 1.44 bits per heavy atom. The molecule has 0 aliphatic heterocycles. The first-order chi connectivity index (χ1) is 7.49. The van der Waals surface area contributed by atoms with E-state index in [-0.39, 0.29) is 5.91 Å². The Balaban J connectivity index is 3.86. The van der Waals surface area contributed by atoms with Crippen LogP contribution >= 0.6 is 0 Å². The van der Waals surface area contributed by atoms with E-state index in [4.69, 9.17) is 4.74 Å². The monoisotopic (exact) mass is 221 g/mol.